The van der Waals surface area contributed by atoms with Gasteiger partial charge in [0.25, 0.3) is 6.43 Å². The van der Waals surface area contributed by atoms with E-state index in [-0.39, 0.29) is 0 Å². The molecule has 0 nitrogen and oxygen atoms in total. The van der Waals surface area contributed by atoms with E-state index in [2.05, 4.69) is 0 Å². The molecule has 0 atom stereocenters. The second-order valence-electron chi connectivity index (χ2n) is 2.60. The molecule has 0 amide bonds. The van der Waals surface area contributed by atoms with Crippen LogP contribution in [-0.2, 0) is 0 Å². The standard InChI is InChI=1S/C6HF11/c7-2(4(10,11)6(15,16)17)1(3(8)9)5(12,13)14/h3H. The molecule has 0 aliphatic heterocycles. The van der Waals surface area contributed by atoms with Crippen molar-refractivity contribution in [3.8, 4) is 0 Å². The molecular formula is C6HF11. The quantitative estimate of drug-likeness (QED) is 0.665. The molecule has 0 fully saturated rings. The van der Waals surface area contributed by atoms with Gasteiger partial charge in [-0.1, -0.05) is 0 Å². The first-order chi connectivity index (χ1) is 7.23. The second kappa shape index (κ2) is 4.33. The Bertz CT molecular complexity index is 303. The summed E-state index contributed by atoms with van der Waals surface area (Å²) in [6.45, 7) is 0. The van der Waals surface area contributed by atoms with Gasteiger partial charge in [-0.3, -0.25) is 0 Å². The summed E-state index contributed by atoms with van der Waals surface area (Å²) in [4.78, 5) is 0. The van der Waals surface area contributed by atoms with Gasteiger partial charge in [0.15, 0.2) is 5.83 Å². The molecule has 0 spiro atoms. The summed E-state index contributed by atoms with van der Waals surface area (Å²) >= 11 is 0. The lowest BCUT2D eigenvalue weighted by Gasteiger charge is -2.21. The SMILES string of the molecule is FC(=C(C(F)F)C(F)(F)F)C(F)(F)C(F)(F)F. The maximum absolute atomic E-state index is 12.3. The highest BCUT2D eigenvalue weighted by Crippen LogP contribution is 2.46. The summed E-state index contributed by atoms with van der Waals surface area (Å²) in [5.74, 6) is -10.9. The van der Waals surface area contributed by atoms with E-state index in [1.807, 2.05) is 0 Å². The van der Waals surface area contributed by atoms with Crippen LogP contribution in [0.3, 0.4) is 0 Å². The number of halogens is 11. The molecule has 0 N–H and O–H groups in total. The van der Waals surface area contributed by atoms with Gasteiger partial charge >= 0.3 is 18.3 Å². The topological polar surface area (TPSA) is 0 Å². The lowest BCUT2D eigenvalue weighted by molar-refractivity contribution is -0.272. The second-order valence-corrected chi connectivity index (χ2v) is 2.60. The van der Waals surface area contributed by atoms with Gasteiger partial charge in [0.1, 0.15) is 5.57 Å². The van der Waals surface area contributed by atoms with Crippen LogP contribution in [0.5, 0.6) is 0 Å². The third-order valence-electron chi connectivity index (χ3n) is 1.39. The zero-order valence-corrected chi connectivity index (χ0v) is 7.23. The van der Waals surface area contributed by atoms with Gasteiger partial charge in [-0.25, -0.2) is 13.2 Å². The highest BCUT2D eigenvalue weighted by Gasteiger charge is 2.64. The Morgan fingerprint density at radius 1 is 0.765 bits per heavy atom. The number of allylic oxidation sites excluding steroid dienone is 2. The van der Waals surface area contributed by atoms with Crippen LogP contribution in [0, 0.1) is 0 Å². The van der Waals surface area contributed by atoms with Gasteiger partial charge in [-0.05, 0) is 0 Å². The summed E-state index contributed by atoms with van der Waals surface area (Å²) in [6, 6.07) is 0. The highest BCUT2D eigenvalue weighted by molar-refractivity contribution is 5.23. The van der Waals surface area contributed by atoms with Crippen LogP contribution >= 0.6 is 0 Å². The van der Waals surface area contributed by atoms with Gasteiger partial charge in [0.05, 0.1) is 0 Å². The summed E-state index contributed by atoms with van der Waals surface area (Å²) in [7, 11) is 0. The number of hydrogen-bond donors (Lipinski definition) is 0. The first kappa shape index (κ1) is 16.0. The van der Waals surface area contributed by atoms with E-state index in [0.717, 1.165) is 0 Å². The van der Waals surface area contributed by atoms with Crippen molar-refractivity contribution in [3.63, 3.8) is 0 Å². The van der Waals surface area contributed by atoms with Crippen molar-refractivity contribution in [1.82, 2.24) is 0 Å². The van der Waals surface area contributed by atoms with Crippen molar-refractivity contribution in [1.29, 1.82) is 0 Å². The highest BCUT2D eigenvalue weighted by atomic mass is 19.4. The Morgan fingerprint density at radius 2 is 1.12 bits per heavy atom. The van der Waals surface area contributed by atoms with Crippen molar-refractivity contribution < 1.29 is 48.3 Å². The van der Waals surface area contributed by atoms with Crippen LogP contribution in [0.4, 0.5) is 48.3 Å². The summed E-state index contributed by atoms with van der Waals surface area (Å²) < 4.78 is 129. The van der Waals surface area contributed by atoms with Crippen LogP contribution in [-0.4, -0.2) is 24.7 Å². The predicted molar refractivity (Wildman–Crippen MR) is 31.2 cm³/mol. The van der Waals surface area contributed by atoms with Crippen LogP contribution in [0.25, 0.3) is 0 Å². The zero-order valence-electron chi connectivity index (χ0n) is 7.23. The first-order valence-corrected chi connectivity index (χ1v) is 3.43. The Morgan fingerprint density at radius 3 is 1.29 bits per heavy atom. The number of hydrogen-bond acceptors (Lipinski definition) is 0. The van der Waals surface area contributed by atoms with Gasteiger partial charge in [-0.2, -0.15) is 35.1 Å². The molecule has 0 aromatic rings. The monoisotopic (exact) mass is 282 g/mol. The number of alkyl halides is 10. The fraction of sp³-hybridized carbons (Fsp3) is 0.667. The Labute approximate surface area is 85.7 Å². The summed E-state index contributed by atoms with van der Waals surface area (Å²) in [5, 5.41) is 0. The molecule has 0 saturated heterocycles. The minimum absolute atomic E-state index is 3.85. The number of rotatable bonds is 2. The normalized spacial score (nSPS) is 16.2. The molecule has 0 unspecified atom stereocenters. The minimum atomic E-state index is -6.75. The summed E-state index contributed by atoms with van der Waals surface area (Å²) in [6.07, 6.45) is -17.9. The Hall–Kier alpha value is -1.03. The van der Waals surface area contributed by atoms with E-state index in [1.165, 1.54) is 0 Å². The molecule has 0 bridgehead atoms. The lowest BCUT2D eigenvalue weighted by Crippen LogP contribution is -2.39. The molecule has 11 heteroatoms. The molecule has 0 heterocycles. The van der Waals surface area contributed by atoms with Crippen molar-refractivity contribution in [2.75, 3.05) is 0 Å². The molecule has 0 aliphatic rings. The third-order valence-corrected chi connectivity index (χ3v) is 1.39. The van der Waals surface area contributed by atoms with Crippen LogP contribution in [0.2, 0.25) is 0 Å². The fourth-order valence-corrected chi connectivity index (χ4v) is 0.638. The van der Waals surface area contributed by atoms with E-state index in [1.54, 1.807) is 0 Å². The van der Waals surface area contributed by atoms with Gasteiger partial charge < -0.3 is 0 Å². The molecule has 17 heavy (non-hydrogen) atoms. The molecule has 102 valence electrons. The average molecular weight is 282 g/mol. The van der Waals surface area contributed by atoms with Crippen molar-refractivity contribution in [2.24, 2.45) is 0 Å². The van der Waals surface area contributed by atoms with E-state index >= 15 is 0 Å². The maximum atomic E-state index is 12.3. The van der Waals surface area contributed by atoms with Gasteiger partial charge in [-0.15, -0.1) is 0 Å². The average Bonchev–Trinajstić information content (AvgIpc) is 1.97. The molecule has 0 saturated carbocycles. The lowest BCUT2D eigenvalue weighted by atomic mass is 10.1. The Kier molecular flexibility index (Phi) is 4.07. The molecule has 0 aromatic carbocycles. The van der Waals surface area contributed by atoms with Crippen LogP contribution in [0.1, 0.15) is 0 Å². The molecule has 0 radical (unpaired) electrons. The van der Waals surface area contributed by atoms with Gasteiger partial charge in [0.2, 0.25) is 0 Å². The van der Waals surface area contributed by atoms with Gasteiger partial charge in [0, 0.05) is 0 Å². The third kappa shape index (κ3) is 3.22. The van der Waals surface area contributed by atoms with E-state index in [9.17, 15) is 48.3 Å². The molecule has 0 aromatic heterocycles. The minimum Gasteiger partial charge on any atom is -0.205 e. The van der Waals surface area contributed by atoms with Crippen molar-refractivity contribution in [3.05, 3.63) is 11.4 Å². The molecular weight excluding hydrogens is 281 g/mol. The molecule has 0 rings (SSSR count). The molecule has 0 aliphatic carbocycles. The fourth-order valence-electron chi connectivity index (χ4n) is 0.638. The first-order valence-electron chi connectivity index (χ1n) is 3.43. The largest absolute Gasteiger partial charge is 0.460 e. The van der Waals surface area contributed by atoms with Crippen LogP contribution in [0.15, 0.2) is 11.4 Å². The van der Waals surface area contributed by atoms with Crippen LogP contribution < -0.4 is 0 Å². The zero-order chi connectivity index (χ0) is 14.2. The van der Waals surface area contributed by atoms with E-state index in [4.69, 9.17) is 0 Å². The van der Waals surface area contributed by atoms with E-state index < -0.39 is 36.1 Å². The van der Waals surface area contributed by atoms with Crippen molar-refractivity contribution >= 4 is 0 Å². The summed E-state index contributed by atoms with van der Waals surface area (Å²) in [5.41, 5.74) is -3.85. The maximum Gasteiger partial charge on any atom is 0.460 e. The predicted octanol–water partition coefficient (Wildman–Crippen LogP) is 4.24. The smallest absolute Gasteiger partial charge is 0.205 e. The van der Waals surface area contributed by atoms with E-state index in [0.29, 0.717) is 0 Å². The van der Waals surface area contributed by atoms with Crippen molar-refractivity contribution in [2.45, 2.75) is 24.7 Å². The Balaban J connectivity index is 5.85.